The number of hydrogen-bond donors (Lipinski definition) is 2. The van der Waals surface area contributed by atoms with Gasteiger partial charge in [0, 0.05) is 31.2 Å². The van der Waals surface area contributed by atoms with Gasteiger partial charge in [-0.1, -0.05) is 6.07 Å². The van der Waals surface area contributed by atoms with Crippen molar-refractivity contribution in [2.24, 2.45) is 0 Å². The van der Waals surface area contributed by atoms with Gasteiger partial charge in [0.05, 0.1) is 17.6 Å². The van der Waals surface area contributed by atoms with Gasteiger partial charge in [-0.05, 0) is 47.0 Å². The van der Waals surface area contributed by atoms with Crippen LogP contribution in [0.5, 0.6) is 5.75 Å². The highest BCUT2D eigenvalue weighted by atomic mass is 16.6. The molecule has 0 spiro atoms. The van der Waals surface area contributed by atoms with Crippen molar-refractivity contribution in [3.63, 3.8) is 0 Å². The number of aliphatic hydroxyl groups is 1. The van der Waals surface area contributed by atoms with Crippen LogP contribution in [0, 0.1) is 10.1 Å². The van der Waals surface area contributed by atoms with Crippen molar-refractivity contribution < 1.29 is 19.6 Å². The number of benzene rings is 2. The van der Waals surface area contributed by atoms with Gasteiger partial charge in [-0.15, -0.1) is 0 Å². The lowest BCUT2D eigenvalue weighted by atomic mass is 10.0. The summed E-state index contributed by atoms with van der Waals surface area (Å²) in [5, 5.41) is 23.5. The van der Waals surface area contributed by atoms with Crippen molar-refractivity contribution in [1.82, 2.24) is 5.32 Å². The normalized spacial score (nSPS) is 13.9. The average molecular weight is 354 g/mol. The minimum atomic E-state index is -0.808. The maximum atomic E-state index is 11.9. The van der Waals surface area contributed by atoms with Gasteiger partial charge in [-0.2, -0.15) is 0 Å². The topological polar surface area (TPSA) is 102 Å². The smallest absolute Gasteiger partial charge is 0.269 e. The highest BCUT2D eigenvalue weighted by Gasteiger charge is 2.15. The zero-order chi connectivity index (χ0) is 18.5. The SMILES string of the molecule is O=C(/C=C/c1ccc([N+](=O)[O-])cc1)NCC(O)c1ccc2c(c1)CCO2. The van der Waals surface area contributed by atoms with E-state index in [1.165, 1.54) is 18.2 Å². The molecule has 26 heavy (non-hydrogen) atoms. The molecule has 2 aromatic carbocycles. The van der Waals surface area contributed by atoms with Gasteiger partial charge in [-0.3, -0.25) is 14.9 Å². The molecule has 0 saturated heterocycles. The van der Waals surface area contributed by atoms with E-state index in [9.17, 15) is 20.0 Å². The van der Waals surface area contributed by atoms with Crippen molar-refractivity contribution in [2.75, 3.05) is 13.2 Å². The molecule has 2 N–H and O–H groups in total. The predicted octanol–water partition coefficient (Wildman–Crippen LogP) is 2.39. The molecule has 1 atom stereocenters. The maximum absolute atomic E-state index is 11.9. The Morgan fingerprint density at radius 1 is 1.31 bits per heavy atom. The number of nitro groups is 1. The first kappa shape index (κ1) is 17.6. The Labute approximate surface area is 150 Å². The fraction of sp³-hybridized carbons (Fsp3) is 0.211. The molecule has 3 rings (SSSR count). The van der Waals surface area contributed by atoms with Crippen LogP contribution < -0.4 is 10.1 Å². The Morgan fingerprint density at radius 3 is 2.81 bits per heavy atom. The van der Waals surface area contributed by atoms with Crippen molar-refractivity contribution >= 4 is 17.7 Å². The first-order valence-electron chi connectivity index (χ1n) is 8.17. The summed E-state index contributed by atoms with van der Waals surface area (Å²) in [7, 11) is 0. The van der Waals surface area contributed by atoms with E-state index >= 15 is 0 Å². The number of ether oxygens (including phenoxy) is 1. The van der Waals surface area contributed by atoms with Gasteiger partial charge < -0.3 is 15.2 Å². The zero-order valence-corrected chi connectivity index (χ0v) is 13.9. The van der Waals surface area contributed by atoms with Crippen LogP contribution in [0.1, 0.15) is 22.8 Å². The standard InChI is InChI=1S/C19H18N2O5/c22-17(14-4-7-18-15(11-14)9-10-26-18)12-20-19(23)8-3-13-1-5-16(6-2-13)21(24)25/h1-8,11,17,22H,9-10,12H2,(H,20,23)/b8-3+. The molecule has 0 bridgehead atoms. The lowest BCUT2D eigenvalue weighted by Gasteiger charge is -2.12. The Bertz CT molecular complexity index is 846. The van der Waals surface area contributed by atoms with Crippen LogP contribution in [0.4, 0.5) is 5.69 Å². The first-order valence-corrected chi connectivity index (χ1v) is 8.17. The van der Waals surface area contributed by atoms with Crippen LogP contribution in [0.25, 0.3) is 6.08 Å². The van der Waals surface area contributed by atoms with Crippen molar-refractivity contribution in [3.8, 4) is 5.75 Å². The minimum Gasteiger partial charge on any atom is -0.493 e. The molecule has 1 amide bonds. The Kier molecular flexibility index (Phi) is 5.28. The molecule has 7 nitrogen and oxygen atoms in total. The van der Waals surface area contributed by atoms with E-state index in [1.54, 1.807) is 24.3 Å². The van der Waals surface area contributed by atoms with Crippen LogP contribution in [0.15, 0.2) is 48.5 Å². The Hall–Kier alpha value is -3.19. The second-order valence-electron chi connectivity index (χ2n) is 5.91. The summed E-state index contributed by atoms with van der Waals surface area (Å²) in [6.45, 7) is 0.738. The molecule has 1 aliphatic heterocycles. The second kappa shape index (κ2) is 7.79. The third-order valence-corrected chi connectivity index (χ3v) is 4.10. The van der Waals surface area contributed by atoms with Gasteiger partial charge >= 0.3 is 0 Å². The Morgan fingerprint density at radius 2 is 2.08 bits per heavy atom. The number of nitrogens with zero attached hydrogens (tertiary/aromatic N) is 1. The first-order chi connectivity index (χ1) is 12.5. The molecule has 0 aromatic heterocycles. The zero-order valence-electron chi connectivity index (χ0n) is 13.9. The predicted molar refractivity (Wildman–Crippen MR) is 95.7 cm³/mol. The van der Waals surface area contributed by atoms with Crippen LogP contribution in [0.2, 0.25) is 0 Å². The largest absolute Gasteiger partial charge is 0.493 e. The van der Waals surface area contributed by atoms with Gasteiger partial charge in [0.2, 0.25) is 5.91 Å². The van der Waals surface area contributed by atoms with Gasteiger partial charge in [0.25, 0.3) is 5.69 Å². The summed E-state index contributed by atoms with van der Waals surface area (Å²) >= 11 is 0. The van der Waals surface area contributed by atoms with Crippen LogP contribution in [-0.2, 0) is 11.2 Å². The molecule has 0 aliphatic carbocycles. The number of nitrogens with one attached hydrogen (secondary N) is 1. The van der Waals surface area contributed by atoms with Crippen LogP contribution in [-0.4, -0.2) is 29.1 Å². The fourth-order valence-electron chi connectivity index (χ4n) is 2.67. The van der Waals surface area contributed by atoms with Gasteiger partial charge in [-0.25, -0.2) is 0 Å². The quantitative estimate of drug-likeness (QED) is 0.471. The Balaban J connectivity index is 1.52. The van der Waals surface area contributed by atoms with Crippen molar-refractivity contribution in [3.05, 3.63) is 75.3 Å². The molecule has 134 valence electrons. The third kappa shape index (κ3) is 4.25. The van der Waals surface area contributed by atoms with Crippen molar-refractivity contribution in [2.45, 2.75) is 12.5 Å². The molecule has 1 heterocycles. The second-order valence-corrected chi connectivity index (χ2v) is 5.91. The van der Waals surface area contributed by atoms with Crippen LogP contribution in [0.3, 0.4) is 0 Å². The summed E-state index contributed by atoms with van der Waals surface area (Å²) in [6, 6.07) is 11.4. The van der Waals surface area contributed by atoms with Gasteiger partial charge in [0.1, 0.15) is 5.75 Å². The molecule has 0 saturated carbocycles. The lowest BCUT2D eigenvalue weighted by Crippen LogP contribution is -2.26. The maximum Gasteiger partial charge on any atom is 0.269 e. The molecular formula is C19H18N2O5. The third-order valence-electron chi connectivity index (χ3n) is 4.10. The van der Waals surface area contributed by atoms with E-state index in [1.807, 2.05) is 12.1 Å². The number of carbonyl (C=O) groups excluding carboxylic acids is 1. The summed E-state index contributed by atoms with van der Waals surface area (Å²) < 4.78 is 5.43. The van der Waals surface area contributed by atoms with E-state index in [0.717, 1.165) is 23.3 Å². The van der Waals surface area contributed by atoms with E-state index < -0.39 is 11.0 Å². The number of carbonyl (C=O) groups is 1. The van der Waals surface area contributed by atoms with Crippen molar-refractivity contribution in [1.29, 1.82) is 0 Å². The number of hydrogen-bond acceptors (Lipinski definition) is 5. The molecule has 0 fully saturated rings. The molecular weight excluding hydrogens is 336 g/mol. The van der Waals surface area contributed by atoms with E-state index in [4.69, 9.17) is 4.74 Å². The number of rotatable bonds is 6. The summed E-state index contributed by atoms with van der Waals surface area (Å²) in [6.07, 6.45) is 2.89. The van der Waals surface area contributed by atoms with E-state index in [-0.39, 0.29) is 18.1 Å². The van der Waals surface area contributed by atoms with E-state index in [0.29, 0.717) is 12.2 Å². The number of non-ortho nitro benzene ring substituents is 1. The number of amides is 1. The number of nitro benzene ring substituents is 1. The number of fused-ring (bicyclic) bond motifs is 1. The molecule has 1 unspecified atom stereocenters. The lowest BCUT2D eigenvalue weighted by molar-refractivity contribution is -0.384. The summed E-state index contributed by atoms with van der Waals surface area (Å²) in [5.41, 5.74) is 2.46. The van der Waals surface area contributed by atoms with Gasteiger partial charge in [0.15, 0.2) is 0 Å². The van der Waals surface area contributed by atoms with E-state index in [2.05, 4.69) is 5.32 Å². The monoisotopic (exact) mass is 354 g/mol. The summed E-state index contributed by atoms with van der Waals surface area (Å²) in [5.74, 6) is 0.489. The molecule has 1 aliphatic rings. The highest BCUT2D eigenvalue weighted by molar-refractivity contribution is 5.91. The van der Waals surface area contributed by atoms with Crippen LogP contribution >= 0.6 is 0 Å². The summed E-state index contributed by atoms with van der Waals surface area (Å²) in [4.78, 5) is 22.0. The fourth-order valence-corrected chi connectivity index (χ4v) is 2.67. The molecule has 2 aromatic rings. The average Bonchev–Trinajstić information content (AvgIpc) is 3.12. The minimum absolute atomic E-state index is 0.00512. The highest BCUT2D eigenvalue weighted by Crippen LogP contribution is 2.28. The molecule has 0 radical (unpaired) electrons. The number of aliphatic hydroxyl groups excluding tert-OH is 1. The molecule has 7 heteroatoms.